The predicted octanol–water partition coefficient (Wildman–Crippen LogP) is 24.1. The van der Waals surface area contributed by atoms with Crippen LogP contribution < -0.4 is 0 Å². The van der Waals surface area contributed by atoms with Crippen LogP contribution in [-0.2, 0) is 65.4 Å². The number of aliphatic hydroxyl groups excluding tert-OH is 1. The minimum absolute atomic E-state index is 0.0893. The van der Waals surface area contributed by atoms with Gasteiger partial charge in [-0.3, -0.25) is 37.3 Å². The molecule has 5 unspecified atom stereocenters. The molecule has 0 radical (unpaired) electrons. The highest BCUT2D eigenvalue weighted by molar-refractivity contribution is 7.47. The molecule has 0 saturated carbocycles. The van der Waals surface area contributed by atoms with Crippen LogP contribution >= 0.6 is 15.6 Å². The Morgan fingerprint density at radius 2 is 0.500 bits per heavy atom. The lowest BCUT2D eigenvalue weighted by Gasteiger charge is -2.21. The summed E-state index contributed by atoms with van der Waals surface area (Å²) in [6.45, 7) is 4.64. The summed E-state index contributed by atoms with van der Waals surface area (Å²) in [5.41, 5.74) is 0. The topological polar surface area (TPSA) is 237 Å². The van der Waals surface area contributed by atoms with Crippen LogP contribution in [0.5, 0.6) is 0 Å². The first-order chi connectivity index (χ1) is 50.7. The third kappa shape index (κ3) is 75.9. The molecule has 0 fully saturated rings. The molecule has 0 spiro atoms. The SMILES string of the molecule is CC/C=C\C/C=C\C/C=C\C/C=C\C/C=C\CCCCCC(=O)OCC(COP(=O)(O)OCC(O)COP(=O)(O)OCC(COC(=O)CCCCCCCC/C=C\C/C=C\C/C=C\C/C=C\CC)OC(=O)CCCCCCCCCCCCCCCCC)OC(=O)CCCCCCCCCCCCC. The highest BCUT2D eigenvalue weighted by Crippen LogP contribution is 2.45. The first kappa shape index (κ1) is 99.7. The van der Waals surface area contributed by atoms with Gasteiger partial charge in [0.25, 0.3) is 0 Å². The Morgan fingerprint density at radius 1 is 0.279 bits per heavy atom. The molecular formula is C85H148O17P2. The van der Waals surface area contributed by atoms with Crippen molar-refractivity contribution in [3.8, 4) is 0 Å². The average molecular weight is 1500 g/mol. The molecule has 19 heteroatoms. The van der Waals surface area contributed by atoms with Crippen molar-refractivity contribution >= 4 is 39.5 Å². The molecule has 5 atom stereocenters. The fourth-order valence-corrected chi connectivity index (χ4v) is 12.6. The minimum Gasteiger partial charge on any atom is -0.462 e. The van der Waals surface area contributed by atoms with E-state index in [-0.39, 0.29) is 25.7 Å². The van der Waals surface area contributed by atoms with Crippen molar-refractivity contribution in [3.05, 3.63) is 109 Å². The van der Waals surface area contributed by atoms with Crippen molar-refractivity contribution in [1.29, 1.82) is 0 Å². The van der Waals surface area contributed by atoms with E-state index in [0.717, 1.165) is 167 Å². The van der Waals surface area contributed by atoms with Gasteiger partial charge in [-0.25, -0.2) is 9.13 Å². The smallest absolute Gasteiger partial charge is 0.462 e. The second-order valence-electron chi connectivity index (χ2n) is 27.3. The monoisotopic (exact) mass is 1500 g/mol. The molecule has 0 rings (SSSR count). The molecule has 0 heterocycles. The van der Waals surface area contributed by atoms with Crippen LogP contribution in [0.25, 0.3) is 0 Å². The first-order valence-corrected chi connectivity index (χ1v) is 44.1. The van der Waals surface area contributed by atoms with E-state index >= 15 is 0 Å². The summed E-state index contributed by atoms with van der Waals surface area (Å²) in [5, 5.41) is 10.6. The second-order valence-corrected chi connectivity index (χ2v) is 30.2. The second kappa shape index (κ2) is 76.9. The van der Waals surface area contributed by atoms with E-state index in [1.165, 1.54) is 103 Å². The van der Waals surface area contributed by atoms with Gasteiger partial charge >= 0.3 is 39.5 Å². The minimum atomic E-state index is -4.98. The predicted molar refractivity (Wildman–Crippen MR) is 427 cm³/mol. The number of ether oxygens (including phenoxy) is 4. The van der Waals surface area contributed by atoms with E-state index in [1.807, 2.05) is 0 Å². The Labute approximate surface area is 632 Å². The van der Waals surface area contributed by atoms with Gasteiger partial charge in [0, 0.05) is 25.7 Å². The summed E-state index contributed by atoms with van der Waals surface area (Å²) >= 11 is 0. The maximum Gasteiger partial charge on any atom is 0.472 e. The van der Waals surface area contributed by atoms with Gasteiger partial charge in [0.1, 0.15) is 19.3 Å². The lowest BCUT2D eigenvalue weighted by Crippen LogP contribution is -2.30. The van der Waals surface area contributed by atoms with Crippen LogP contribution in [-0.4, -0.2) is 96.7 Å². The number of hydrogen-bond acceptors (Lipinski definition) is 15. The van der Waals surface area contributed by atoms with Crippen LogP contribution in [0.2, 0.25) is 0 Å². The molecule has 0 saturated heterocycles. The zero-order valence-electron chi connectivity index (χ0n) is 65.7. The molecule has 0 bridgehead atoms. The Kier molecular flexibility index (Phi) is 73.7. The number of rotatable bonds is 77. The van der Waals surface area contributed by atoms with Crippen molar-refractivity contribution in [2.24, 2.45) is 0 Å². The number of esters is 4. The molecule has 0 aliphatic heterocycles. The number of phosphoric acid groups is 2. The Balaban J connectivity index is 5.34. The van der Waals surface area contributed by atoms with Gasteiger partial charge in [-0.1, -0.05) is 323 Å². The largest absolute Gasteiger partial charge is 0.472 e. The van der Waals surface area contributed by atoms with Crippen molar-refractivity contribution in [3.63, 3.8) is 0 Å². The Bertz CT molecular complexity index is 2390. The molecule has 0 aromatic rings. The summed E-state index contributed by atoms with van der Waals surface area (Å²) in [4.78, 5) is 73.1. The summed E-state index contributed by atoms with van der Waals surface area (Å²) in [6.07, 6.45) is 83.5. The van der Waals surface area contributed by atoms with Crippen molar-refractivity contribution < 1.29 is 80.2 Å². The standard InChI is InChI=1S/C85H148O17P2/c1-5-9-13-17-21-25-29-32-35-37-39-41-44-46-50-53-57-61-65-69-82(87)95-75-80(101-84(89)71-67-63-59-55-49-28-24-20-16-12-8-4)77-99-103(91,92)97-73-79(86)74-98-104(93,94)100-78-81(102-85(90)72-68-64-60-56-52-48-43-34-31-27-23-19-15-11-7-3)76-96-83(88)70-66-62-58-54-51-47-45-42-40-38-36-33-30-26-22-18-14-10-6-2/h9-10,13-14,21-22,25-26,32-33,35-36,39-42,46,50,79-81,86H,5-8,11-12,15-20,23-24,27-31,34,37-38,43-45,47-49,51-78H2,1-4H3,(H,91,92)(H,93,94)/b13-9-,14-10-,25-21-,26-22-,35-32-,36-33-,41-39-,42-40-,50-46-. The first-order valence-electron chi connectivity index (χ1n) is 41.1. The molecule has 104 heavy (non-hydrogen) atoms. The van der Waals surface area contributed by atoms with Gasteiger partial charge in [0.05, 0.1) is 26.4 Å². The number of allylic oxidation sites excluding steroid dienone is 18. The van der Waals surface area contributed by atoms with Gasteiger partial charge in [0.2, 0.25) is 0 Å². The lowest BCUT2D eigenvalue weighted by atomic mass is 10.0. The third-order valence-corrected chi connectivity index (χ3v) is 19.2. The summed E-state index contributed by atoms with van der Waals surface area (Å²) < 4.78 is 68.6. The number of unbranched alkanes of at least 4 members (excludes halogenated alkanes) is 33. The van der Waals surface area contributed by atoms with Crippen LogP contribution in [0.3, 0.4) is 0 Å². The molecule has 3 N–H and O–H groups in total. The molecule has 0 aromatic heterocycles. The number of carbonyl (C=O) groups is 4. The number of hydrogen-bond donors (Lipinski definition) is 3. The quantitative estimate of drug-likeness (QED) is 0.0169. The fraction of sp³-hybridized carbons (Fsp3) is 0.741. The molecule has 0 aliphatic carbocycles. The van der Waals surface area contributed by atoms with Gasteiger partial charge < -0.3 is 33.8 Å². The van der Waals surface area contributed by atoms with Crippen molar-refractivity contribution in [2.45, 2.75) is 367 Å². The van der Waals surface area contributed by atoms with Crippen LogP contribution in [0.1, 0.15) is 349 Å². The van der Waals surface area contributed by atoms with E-state index in [9.17, 15) is 43.2 Å². The zero-order chi connectivity index (χ0) is 76.0. The van der Waals surface area contributed by atoms with E-state index in [4.69, 9.17) is 37.0 Å². The summed E-state index contributed by atoms with van der Waals surface area (Å²) in [5.74, 6) is -2.20. The average Bonchev–Trinajstić information content (AvgIpc) is 0.931. The summed E-state index contributed by atoms with van der Waals surface area (Å²) in [6, 6.07) is 0. The fourth-order valence-electron chi connectivity index (χ4n) is 11.1. The number of aliphatic hydroxyl groups is 1. The number of carbonyl (C=O) groups excluding carboxylic acids is 4. The molecule has 17 nitrogen and oxygen atoms in total. The summed E-state index contributed by atoms with van der Waals surface area (Å²) in [7, 11) is -9.96. The highest BCUT2D eigenvalue weighted by atomic mass is 31.2. The van der Waals surface area contributed by atoms with Crippen LogP contribution in [0.4, 0.5) is 0 Å². The van der Waals surface area contributed by atoms with E-state index in [2.05, 4.69) is 137 Å². The molecule has 0 aliphatic rings. The van der Waals surface area contributed by atoms with Crippen molar-refractivity contribution in [1.82, 2.24) is 0 Å². The molecule has 0 aromatic carbocycles. The highest BCUT2D eigenvalue weighted by Gasteiger charge is 2.30. The zero-order valence-corrected chi connectivity index (χ0v) is 67.5. The van der Waals surface area contributed by atoms with Gasteiger partial charge in [-0.05, 0) is 109 Å². The Hall–Kier alpha value is -4.28. The maximum atomic E-state index is 13.1. The molecule has 0 amide bonds. The van der Waals surface area contributed by atoms with Crippen LogP contribution in [0.15, 0.2) is 109 Å². The van der Waals surface area contributed by atoms with E-state index in [0.29, 0.717) is 25.7 Å². The van der Waals surface area contributed by atoms with Gasteiger partial charge in [0.15, 0.2) is 12.2 Å². The maximum absolute atomic E-state index is 13.1. The van der Waals surface area contributed by atoms with Gasteiger partial charge in [-0.2, -0.15) is 0 Å². The normalized spacial score (nSPS) is 14.4. The lowest BCUT2D eigenvalue weighted by molar-refractivity contribution is -0.161. The number of phosphoric ester groups is 2. The van der Waals surface area contributed by atoms with E-state index in [1.54, 1.807) is 0 Å². The molecular weight excluding hydrogens is 1350 g/mol. The van der Waals surface area contributed by atoms with Gasteiger partial charge in [-0.15, -0.1) is 0 Å². The van der Waals surface area contributed by atoms with E-state index < -0.39 is 97.5 Å². The van der Waals surface area contributed by atoms with Crippen molar-refractivity contribution in [2.75, 3.05) is 39.6 Å². The molecule has 600 valence electrons. The third-order valence-electron chi connectivity index (χ3n) is 17.3. The Morgan fingerprint density at radius 3 is 0.779 bits per heavy atom. The van der Waals surface area contributed by atoms with Crippen LogP contribution in [0, 0.1) is 0 Å².